The Hall–Kier alpha value is -3.84. The maximum Gasteiger partial charge on any atom is 0.118 e. The van der Waals surface area contributed by atoms with Crippen molar-refractivity contribution in [3.63, 3.8) is 0 Å². The lowest BCUT2D eigenvalue weighted by Gasteiger charge is -2.08. The number of aromatic nitrogens is 2. The van der Waals surface area contributed by atoms with Crippen molar-refractivity contribution < 1.29 is 4.74 Å². The minimum absolute atomic E-state index is 0.609. The van der Waals surface area contributed by atoms with Gasteiger partial charge in [0.1, 0.15) is 11.4 Å². The molecule has 3 aromatic carbocycles. The summed E-state index contributed by atoms with van der Waals surface area (Å²) in [6, 6.07) is 27.7. The topological polar surface area (TPSA) is 61.7 Å². The minimum Gasteiger partial charge on any atom is -0.497 e. The first-order chi connectivity index (χ1) is 13.3. The number of hydrogen-bond acceptors (Lipinski definition) is 3. The first kappa shape index (κ1) is 16.6. The molecule has 0 radical (unpaired) electrons. The summed E-state index contributed by atoms with van der Waals surface area (Å²) in [6.45, 7) is 0. The largest absolute Gasteiger partial charge is 0.497 e. The Kier molecular flexibility index (Phi) is 4.42. The van der Waals surface area contributed by atoms with Crippen LogP contribution in [-0.4, -0.2) is 17.3 Å². The first-order valence-corrected chi connectivity index (χ1v) is 8.59. The molecule has 0 saturated carbocycles. The third-order valence-electron chi connectivity index (χ3n) is 4.47. The number of nitriles is 1. The Bertz CT molecular complexity index is 1110. The fourth-order valence-electron chi connectivity index (χ4n) is 3.14. The molecule has 0 unspecified atom stereocenters. The zero-order chi connectivity index (χ0) is 18.6. The van der Waals surface area contributed by atoms with Gasteiger partial charge in [0, 0.05) is 16.7 Å². The zero-order valence-corrected chi connectivity index (χ0v) is 14.8. The number of ether oxygens (including phenoxy) is 1. The normalized spacial score (nSPS) is 10.4. The molecular formula is C23H17N3O. The molecule has 4 heteroatoms. The molecule has 4 aromatic rings. The van der Waals surface area contributed by atoms with E-state index < -0.39 is 0 Å². The quantitative estimate of drug-likeness (QED) is 0.543. The van der Waals surface area contributed by atoms with Gasteiger partial charge in [-0.3, -0.25) is 5.10 Å². The number of rotatable bonds is 4. The van der Waals surface area contributed by atoms with E-state index in [0.29, 0.717) is 5.56 Å². The molecule has 27 heavy (non-hydrogen) atoms. The molecule has 0 atom stereocenters. The Morgan fingerprint density at radius 2 is 1.59 bits per heavy atom. The van der Waals surface area contributed by atoms with Gasteiger partial charge in [-0.2, -0.15) is 10.4 Å². The monoisotopic (exact) mass is 351 g/mol. The Morgan fingerprint density at radius 1 is 0.852 bits per heavy atom. The van der Waals surface area contributed by atoms with Gasteiger partial charge in [-0.1, -0.05) is 54.6 Å². The average molecular weight is 351 g/mol. The third-order valence-corrected chi connectivity index (χ3v) is 4.47. The lowest BCUT2D eigenvalue weighted by molar-refractivity contribution is 0.415. The molecule has 1 N–H and O–H groups in total. The first-order valence-electron chi connectivity index (χ1n) is 8.59. The second kappa shape index (κ2) is 7.19. The third kappa shape index (κ3) is 3.19. The SMILES string of the molecule is COc1ccc(-c2c(-c3cccc(C#N)c3)n[nH]c2-c2ccccc2)cc1. The molecule has 0 aliphatic rings. The second-order valence-electron chi connectivity index (χ2n) is 6.11. The number of benzene rings is 3. The highest BCUT2D eigenvalue weighted by Gasteiger charge is 2.18. The van der Waals surface area contributed by atoms with E-state index in [1.54, 1.807) is 13.2 Å². The molecule has 4 rings (SSSR count). The summed E-state index contributed by atoms with van der Waals surface area (Å²) in [5, 5.41) is 17.0. The Morgan fingerprint density at radius 3 is 2.30 bits per heavy atom. The highest BCUT2D eigenvalue weighted by atomic mass is 16.5. The molecule has 0 amide bonds. The lowest BCUT2D eigenvalue weighted by Crippen LogP contribution is -1.87. The summed E-state index contributed by atoms with van der Waals surface area (Å²) >= 11 is 0. The zero-order valence-electron chi connectivity index (χ0n) is 14.8. The Balaban J connectivity index is 1.94. The molecule has 130 valence electrons. The summed E-state index contributed by atoms with van der Waals surface area (Å²) in [5.74, 6) is 0.802. The van der Waals surface area contributed by atoms with Crippen LogP contribution in [0, 0.1) is 11.3 Å². The highest BCUT2D eigenvalue weighted by molar-refractivity contribution is 5.91. The summed E-state index contributed by atoms with van der Waals surface area (Å²) in [6.07, 6.45) is 0. The predicted octanol–water partition coefficient (Wildman–Crippen LogP) is 5.29. The second-order valence-corrected chi connectivity index (χ2v) is 6.11. The van der Waals surface area contributed by atoms with Crippen LogP contribution < -0.4 is 4.74 Å². The molecular weight excluding hydrogens is 334 g/mol. The number of nitrogens with one attached hydrogen (secondary N) is 1. The summed E-state index contributed by atoms with van der Waals surface area (Å²) in [7, 11) is 1.65. The van der Waals surface area contributed by atoms with Crippen molar-refractivity contribution >= 4 is 0 Å². The molecule has 0 spiro atoms. The molecule has 0 aliphatic heterocycles. The molecule has 0 saturated heterocycles. The minimum atomic E-state index is 0.609. The maximum atomic E-state index is 9.24. The number of aromatic amines is 1. The smallest absolute Gasteiger partial charge is 0.118 e. The van der Waals surface area contributed by atoms with E-state index in [1.165, 1.54) is 0 Å². The summed E-state index contributed by atoms with van der Waals surface area (Å²) in [5.41, 5.74) is 6.35. The summed E-state index contributed by atoms with van der Waals surface area (Å²) in [4.78, 5) is 0. The molecule has 1 heterocycles. The van der Waals surface area contributed by atoms with Gasteiger partial charge < -0.3 is 4.74 Å². The number of hydrogen-bond donors (Lipinski definition) is 1. The van der Waals surface area contributed by atoms with Crippen LogP contribution in [0.3, 0.4) is 0 Å². The fourth-order valence-corrected chi connectivity index (χ4v) is 3.14. The van der Waals surface area contributed by atoms with Crippen LogP contribution in [0.25, 0.3) is 33.6 Å². The predicted molar refractivity (Wildman–Crippen MR) is 106 cm³/mol. The van der Waals surface area contributed by atoms with Crippen LogP contribution in [0.2, 0.25) is 0 Å². The van der Waals surface area contributed by atoms with Gasteiger partial charge in [0.15, 0.2) is 0 Å². The van der Waals surface area contributed by atoms with Crippen LogP contribution in [-0.2, 0) is 0 Å². The fraction of sp³-hybridized carbons (Fsp3) is 0.0435. The van der Waals surface area contributed by atoms with E-state index in [0.717, 1.165) is 39.4 Å². The molecule has 0 aliphatic carbocycles. The van der Waals surface area contributed by atoms with Crippen LogP contribution in [0.15, 0.2) is 78.9 Å². The van der Waals surface area contributed by atoms with E-state index in [4.69, 9.17) is 4.74 Å². The van der Waals surface area contributed by atoms with Crippen molar-refractivity contribution in [1.29, 1.82) is 5.26 Å². The van der Waals surface area contributed by atoms with E-state index in [1.807, 2.05) is 60.7 Å². The van der Waals surface area contributed by atoms with Crippen molar-refractivity contribution in [2.75, 3.05) is 7.11 Å². The van der Waals surface area contributed by atoms with Crippen molar-refractivity contribution in [1.82, 2.24) is 10.2 Å². The van der Waals surface area contributed by atoms with Crippen molar-refractivity contribution in [2.45, 2.75) is 0 Å². The van der Waals surface area contributed by atoms with Gasteiger partial charge >= 0.3 is 0 Å². The van der Waals surface area contributed by atoms with Crippen LogP contribution >= 0.6 is 0 Å². The molecule has 4 nitrogen and oxygen atoms in total. The number of nitrogens with zero attached hydrogens (tertiary/aromatic N) is 2. The standard InChI is InChI=1S/C23H17N3O/c1-27-20-12-10-17(11-13-20)21-22(18-7-3-2-4-8-18)25-26-23(21)19-9-5-6-16(14-19)15-24/h2-14H,1H3,(H,25,26). The van der Waals surface area contributed by atoms with Crippen LogP contribution in [0.4, 0.5) is 0 Å². The average Bonchev–Trinajstić information content (AvgIpc) is 3.19. The van der Waals surface area contributed by atoms with Crippen molar-refractivity contribution in [2.24, 2.45) is 0 Å². The van der Waals surface area contributed by atoms with E-state index in [2.05, 4.69) is 28.4 Å². The van der Waals surface area contributed by atoms with Gasteiger partial charge in [0.05, 0.1) is 24.4 Å². The van der Waals surface area contributed by atoms with Crippen molar-refractivity contribution in [3.05, 3.63) is 84.4 Å². The number of H-pyrrole nitrogens is 1. The van der Waals surface area contributed by atoms with Crippen LogP contribution in [0.1, 0.15) is 5.56 Å². The molecule has 1 aromatic heterocycles. The van der Waals surface area contributed by atoms with E-state index in [9.17, 15) is 5.26 Å². The van der Waals surface area contributed by atoms with Gasteiger partial charge in [-0.25, -0.2) is 0 Å². The van der Waals surface area contributed by atoms with Crippen molar-refractivity contribution in [3.8, 4) is 45.5 Å². The molecule has 0 fully saturated rings. The maximum absolute atomic E-state index is 9.24. The summed E-state index contributed by atoms with van der Waals surface area (Å²) < 4.78 is 5.29. The highest BCUT2D eigenvalue weighted by Crippen LogP contribution is 2.38. The van der Waals surface area contributed by atoms with Crippen LogP contribution in [0.5, 0.6) is 5.75 Å². The van der Waals surface area contributed by atoms with E-state index >= 15 is 0 Å². The van der Waals surface area contributed by atoms with Gasteiger partial charge in [0.25, 0.3) is 0 Å². The van der Waals surface area contributed by atoms with Gasteiger partial charge in [0.2, 0.25) is 0 Å². The van der Waals surface area contributed by atoms with E-state index in [-0.39, 0.29) is 0 Å². The molecule has 0 bridgehead atoms. The van der Waals surface area contributed by atoms with Gasteiger partial charge in [-0.15, -0.1) is 0 Å². The number of methoxy groups -OCH3 is 1. The lowest BCUT2D eigenvalue weighted by atomic mass is 9.95. The Labute approximate surface area is 157 Å². The van der Waals surface area contributed by atoms with Gasteiger partial charge in [-0.05, 0) is 29.8 Å².